The van der Waals surface area contributed by atoms with Gasteiger partial charge in [-0.1, -0.05) is 28.1 Å². The summed E-state index contributed by atoms with van der Waals surface area (Å²) in [5, 5.41) is 3.18. The zero-order valence-corrected chi connectivity index (χ0v) is 13.5. The minimum atomic E-state index is 0.325. The van der Waals surface area contributed by atoms with Gasteiger partial charge in [0.05, 0.1) is 12.2 Å². The van der Waals surface area contributed by atoms with Crippen molar-refractivity contribution < 1.29 is 4.74 Å². The zero-order chi connectivity index (χ0) is 13.8. The predicted octanol–water partition coefficient (Wildman–Crippen LogP) is 2.78. The highest BCUT2D eigenvalue weighted by atomic mass is 79.9. The van der Waals surface area contributed by atoms with Gasteiger partial charge in [-0.05, 0) is 38.1 Å². The van der Waals surface area contributed by atoms with E-state index in [2.05, 4.69) is 58.2 Å². The van der Waals surface area contributed by atoms with E-state index in [1.807, 2.05) is 7.05 Å². The van der Waals surface area contributed by atoms with Crippen LogP contribution in [0.25, 0.3) is 0 Å². The molecule has 0 radical (unpaired) electrons. The Kier molecular flexibility index (Phi) is 5.39. The Balaban J connectivity index is 2.02. The van der Waals surface area contributed by atoms with Crippen molar-refractivity contribution in [3.8, 4) is 0 Å². The first-order valence-corrected chi connectivity index (χ1v) is 7.67. The lowest BCUT2D eigenvalue weighted by molar-refractivity contribution is -0.0705. The average Bonchev–Trinajstić information content (AvgIpc) is 2.32. The van der Waals surface area contributed by atoms with E-state index in [9.17, 15) is 0 Å². The number of hydrogen-bond donors (Lipinski definition) is 1. The van der Waals surface area contributed by atoms with Crippen molar-refractivity contribution in [2.24, 2.45) is 0 Å². The van der Waals surface area contributed by atoms with Gasteiger partial charge < -0.3 is 10.1 Å². The molecular weight excluding hydrogens is 304 g/mol. The van der Waals surface area contributed by atoms with Gasteiger partial charge in [-0.15, -0.1) is 0 Å². The van der Waals surface area contributed by atoms with E-state index < -0.39 is 0 Å². The number of rotatable bonds is 4. The van der Waals surface area contributed by atoms with Gasteiger partial charge in [-0.25, -0.2) is 0 Å². The maximum Gasteiger partial charge on any atom is 0.0678 e. The number of hydrogen-bond acceptors (Lipinski definition) is 3. The fourth-order valence-electron chi connectivity index (χ4n) is 2.69. The Hall–Kier alpha value is -0.420. The van der Waals surface area contributed by atoms with Crippen molar-refractivity contribution in [1.82, 2.24) is 10.2 Å². The molecule has 3 nitrogen and oxygen atoms in total. The summed E-state index contributed by atoms with van der Waals surface area (Å²) in [6.07, 6.45) is 0.650. The Labute approximate surface area is 124 Å². The van der Waals surface area contributed by atoms with Crippen LogP contribution in [0.1, 0.15) is 25.0 Å². The van der Waals surface area contributed by atoms with Gasteiger partial charge in [0.2, 0.25) is 0 Å². The molecule has 1 aliphatic rings. The van der Waals surface area contributed by atoms with Crippen LogP contribution in [0.5, 0.6) is 0 Å². The largest absolute Gasteiger partial charge is 0.373 e. The van der Waals surface area contributed by atoms with E-state index in [0.29, 0.717) is 12.2 Å². The summed E-state index contributed by atoms with van der Waals surface area (Å²) < 4.78 is 6.97. The first-order valence-electron chi connectivity index (χ1n) is 6.88. The summed E-state index contributed by atoms with van der Waals surface area (Å²) in [5.41, 5.74) is 2.66. The van der Waals surface area contributed by atoms with Crippen molar-refractivity contribution >= 4 is 15.9 Å². The minimum absolute atomic E-state index is 0.325. The van der Waals surface area contributed by atoms with Crippen LogP contribution < -0.4 is 5.32 Å². The first-order chi connectivity index (χ1) is 9.08. The molecule has 2 unspecified atom stereocenters. The summed E-state index contributed by atoms with van der Waals surface area (Å²) in [6.45, 7) is 8.20. The molecule has 4 heteroatoms. The number of nitrogens with one attached hydrogen (secondary N) is 1. The van der Waals surface area contributed by atoms with Gasteiger partial charge in [-0.3, -0.25) is 4.90 Å². The molecule has 106 valence electrons. The highest BCUT2D eigenvalue weighted by molar-refractivity contribution is 9.10. The van der Waals surface area contributed by atoms with Crippen molar-refractivity contribution in [2.45, 2.75) is 39.1 Å². The third-order valence-electron chi connectivity index (χ3n) is 3.39. The second-order valence-corrected chi connectivity index (χ2v) is 6.26. The minimum Gasteiger partial charge on any atom is -0.373 e. The van der Waals surface area contributed by atoms with Crippen LogP contribution >= 0.6 is 15.9 Å². The number of nitrogens with zero attached hydrogens (tertiary/aromatic N) is 1. The molecule has 1 aromatic rings. The average molecular weight is 327 g/mol. The summed E-state index contributed by atoms with van der Waals surface area (Å²) >= 11 is 3.69. The quantitative estimate of drug-likeness (QED) is 0.920. The second-order valence-electron chi connectivity index (χ2n) is 5.41. The Bertz CT molecular complexity index is 415. The molecule has 0 amide bonds. The summed E-state index contributed by atoms with van der Waals surface area (Å²) in [5.74, 6) is 0. The van der Waals surface area contributed by atoms with Gasteiger partial charge in [-0.2, -0.15) is 0 Å². The standard InChI is InChI=1S/C15H23BrN2O/c1-11-8-18(9-12(2)19-11)10-14-5-4-13(7-17-3)6-15(14)16/h4-6,11-12,17H,7-10H2,1-3H3. The number of halogens is 1. The lowest BCUT2D eigenvalue weighted by Crippen LogP contribution is -2.44. The summed E-state index contributed by atoms with van der Waals surface area (Å²) in [4.78, 5) is 2.47. The third kappa shape index (κ3) is 4.28. The molecular formula is C15H23BrN2O. The topological polar surface area (TPSA) is 24.5 Å². The van der Waals surface area contributed by atoms with Gasteiger partial charge in [0.1, 0.15) is 0 Å². The molecule has 0 bridgehead atoms. The van der Waals surface area contributed by atoms with E-state index in [-0.39, 0.29) is 0 Å². The van der Waals surface area contributed by atoms with E-state index in [1.54, 1.807) is 0 Å². The van der Waals surface area contributed by atoms with Crippen molar-refractivity contribution in [3.63, 3.8) is 0 Å². The van der Waals surface area contributed by atoms with Crippen molar-refractivity contribution in [1.29, 1.82) is 0 Å². The van der Waals surface area contributed by atoms with Crippen LogP contribution in [-0.2, 0) is 17.8 Å². The molecule has 1 aliphatic heterocycles. The third-order valence-corrected chi connectivity index (χ3v) is 4.13. The normalized spacial score (nSPS) is 24.6. The summed E-state index contributed by atoms with van der Waals surface area (Å²) in [6, 6.07) is 6.63. The summed E-state index contributed by atoms with van der Waals surface area (Å²) in [7, 11) is 1.97. The van der Waals surface area contributed by atoms with Crippen LogP contribution in [0.4, 0.5) is 0 Å². The highest BCUT2D eigenvalue weighted by Crippen LogP contribution is 2.22. The van der Waals surface area contributed by atoms with Gasteiger partial charge in [0, 0.05) is 30.7 Å². The molecule has 1 aromatic carbocycles. The Morgan fingerprint density at radius 2 is 2.00 bits per heavy atom. The highest BCUT2D eigenvalue weighted by Gasteiger charge is 2.22. The molecule has 0 aromatic heterocycles. The molecule has 0 aliphatic carbocycles. The van der Waals surface area contributed by atoms with Gasteiger partial charge in [0.25, 0.3) is 0 Å². The lowest BCUT2D eigenvalue weighted by Gasteiger charge is -2.35. The van der Waals surface area contributed by atoms with Crippen molar-refractivity contribution in [2.75, 3.05) is 20.1 Å². The second kappa shape index (κ2) is 6.84. The maximum atomic E-state index is 5.77. The van der Waals surface area contributed by atoms with E-state index in [1.165, 1.54) is 15.6 Å². The molecule has 1 saturated heterocycles. The Morgan fingerprint density at radius 3 is 2.58 bits per heavy atom. The first kappa shape index (κ1) is 15.0. The van der Waals surface area contributed by atoms with E-state index in [4.69, 9.17) is 4.74 Å². The molecule has 19 heavy (non-hydrogen) atoms. The van der Waals surface area contributed by atoms with E-state index in [0.717, 1.165) is 26.2 Å². The van der Waals surface area contributed by atoms with Crippen LogP contribution in [-0.4, -0.2) is 37.2 Å². The fourth-order valence-corrected chi connectivity index (χ4v) is 3.24. The van der Waals surface area contributed by atoms with E-state index >= 15 is 0 Å². The molecule has 2 atom stereocenters. The molecule has 0 saturated carbocycles. The van der Waals surface area contributed by atoms with Crippen molar-refractivity contribution in [3.05, 3.63) is 33.8 Å². The smallest absolute Gasteiger partial charge is 0.0678 e. The van der Waals surface area contributed by atoms with Crippen LogP contribution in [0.2, 0.25) is 0 Å². The molecule has 1 fully saturated rings. The van der Waals surface area contributed by atoms with Crippen LogP contribution in [0.3, 0.4) is 0 Å². The zero-order valence-electron chi connectivity index (χ0n) is 11.9. The molecule has 2 rings (SSSR count). The lowest BCUT2D eigenvalue weighted by atomic mass is 10.1. The van der Waals surface area contributed by atoms with Crippen LogP contribution in [0.15, 0.2) is 22.7 Å². The molecule has 1 N–H and O–H groups in total. The van der Waals surface area contributed by atoms with Gasteiger partial charge >= 0.3 is 0 Å². The predicted molar refractivity (Wildman–Crippen MR) is 82.2 cm³/mol. The monoisotopic (exact) mass is 326 g/mol. The number of ether oxygens (including phenoxy) is 1. The molecule has 0 spiro atoms. The molecule has 1 heterocycles. The SMILES string of the molecule is CNCc1ccc(CN2CC(C)OC(C)C2)c(Br)c1. The number of morpholine rings is 1. The fraction of sp³-hybridized carbons (Fsp3) is 0.600. The van der Waals surface area contributed by atoms with Gasteiger partial charge in [0.15, 0.2) is 0 Å². The number of benzene rings is 1. The van der Waals surface area contributed by atoms with Crippen LogP contribution in [0, 0.1) is 0 Å². The maximum absolute atomic E-state index is 5.77. The Morgan fingerprint density at radius 1 is 1.32 bits per heavy atom.